The van der Waals surface area contributed by atoms with Crippen LogP contribution in [0.4, 0.5) is 0 Å². The molecule has 5 rings (SSSR count). The molecule has 6 bridgehead atoms. The fourth-order valence-corrected chi connectivity index (χ4v) is 14.4. The predicted molar refractivity (Wildman–Crippen MR) is 94.1 cm³/mol. The molecule has 5 fully saturated rings. The van der Waals surface area contributed by atoms with Crippen molar-refractivity contribution in [2.24, 2.45) is 0 Å². The maximum atomic E-state index is 11.9. The summed E-state index contributed by atoms with van der Waals surface area (Å²) in [5.41, 5.74) is 0. The second kappa shape index (κ2) is 13.5. The van der Waals surface area contributed by atoms with Gasteiger partial charge in [0.25, 0.3) is 0 Å². The molecule has 30 heavy (non-hydrogen) atoms. The average molecular weight is 726 g/mol. The first-order valence-corrected chi connectivity index (χ1v) is 15.4. The van der Waals surface area contributed by atoms with Gasteiger partial charge in [0.1, 0.15) is 0 Å². The van der Waals surface area contributed by atoms with Crippen LogP contribution in [-0.2, 0) is 43.3 Å². The standard InChI is InChI=1S/2C4H4O6.2K.6H2O.2Sb.4H/c2*5-1(3(7)8)2(6)4(9)10;;;;;;;;;;;;;;/h2*1-2H,(H,7,8)(H,9,10);;;6*1H2;;;;;;/q2*-2;;;;;;;;;2*+4;;;;/p-4. The van der Waals surface area contributed by atoms with Crippen LogP contribution in [-0.4, -0.2) is 225 Å². The second-order valence-corrected chi connectivity index (χ2v) is 15.6. The Morgan fingerprint density at radius 3 is 0.767 bits per heavy atom. The van der Waals surface area contributed by atoms with Gasteiger partial charge in [0.05, 0.1) is 0 Å². The summed E-state index contributed by atoms with van der Waals surface area (Å²) in [6.07, 6.45) is -6.04. The van der Waals surface area contributed by atoms with E-state index >= 15 is 0 Å². The first kappa shape index (κ1) is 39.6. The number of carbonyl (C=O) groups excluding carboxylic acids is 4. The topological polar surface area (TPSA) is 331 Å². The molecule has 0 aromatic rings. The molecule has 0 amide bonds. The summed E-state index contributed by atoms with van der Waals surface area (Å²) in [5.74, 6) is -3.84. The molecule has 0 aromatic heterocycles. The molecular formula is C8H20K2O18Sb2. The van der Waals surface area contributed by atoms with E-state index in [1.54, 1.807) is 0 Å². The zero-order chi connectivity index (χ0) is 15.3. The van der Waals surface area contributed by atoms with E-state index in [1.165, 1.54) is 0 Å². The van der Waals surface area contributed by atoms with Gasteiger partial charge in [-0.2, -0.15) is 0 Å². The summed E-state index contributed by atoms with van der Waals surface area (Å²) in [5, 5.41) is 0. The van der Waals surface area contributed by atoms with Crippen molar-refractivity contribution in [3.8, 4) is 0 Å². The van der Waals surface area contributed by atoms with Crippen molar-refractivity contribution in [3.05, 3.63) is 0 Å². The summed E-state index contributed by atoms with van der Waals surface area (Å²) < 4.78 is 41.1. The van der Waals surface area contributed by atoms with Crippen LogP contribution < -0.4 is 0 Å². The molecule has 172 valence electrons. The molecule has 0 aromatic carbocycles. The number of fused-ring (bicyclic) bond motifs is 6. The normalized spacial score (nSPS) is 33.3. The molecule has 5 heterocycles. The predicted octanol–water partition coefficient (Wildman–Crippen LogP) is -10.1. The van der Waals surface area contributed by atoms with Gasteiger partial charge < -0.3 is 32.9 Å². The first-order valence-electron chi connectivity index (χ1n) is 6.03. The van der Waals surface area contributed by atoms with E-state index in [0.717, 1.165) is 0 Å². The van der Waals surface area contributed by atoms with Crippen LogP contribution in [0.3, 0.4) is 0 Å². The van der Waals surface area contributed by atoms with Crippen molar-refractivity contribution >= 4 is 168 Å². The molecule has 5 aliphatic heterocycles. The molecule has 0 aliphatic carbocycles. The third kappa shape index (κ3) is 5.96. The van der Waals surface area contributed by atoms with E-state index < -0.39 is 89.3 Å². The van der Waals surface area contributed by atoms with Gasteiger partial charge in [0, 0.05) is 0 Å². The summed E-state index contributed by atoms with van der Waals surface area (Å²) in [7, 11) is 0. The van der Waals surface area contributed by atoms with Crippen molar-refractivity contribution in [3.63, 3.8) is 0 Å². The van der Waals surface area contributed by atoms with Crippen molar-refractivity contribution in [1.29, 1.82) is 0 Å². The molecule has 18 nitrogen and oxygen atoms in total. The van der Waals surface area contributed by atoms with Crippen molar-refractivity contribution in [2.75, 3.05) is 0 Å². The van der Waals surface area contributed by atoms with Crippen molar-refractivity contribution < 1.29 is 76.2 Å². The fraction of sp³-hybridized carbons (Fsp3) is 0.500. The van der Waals surface area contributed by atoms with Crippen LogP contribution in [0.15, 0.2) is 0 Å². The average Bonchev–Trinajstić information content (AvgIpc) is 3.09. The molecule has 22 heteroatoms. The Labute approximate surface area is 263 Å². The molecule has 0 saturated carbocycles. The molecular weight excluding hydrogens is 706 g/mol. The van der Waals surface area contributed by atoms with Gasteiger partial charge in [0.15, 0.2) is 0 Å². The number of rotatable bonds is 0. The molecule has 0 radical (unpaired) electrons. The Bertz CT molecular complexity index is 563. The maximum absolute atomic E-state index is 11.9. The third-order valence-corrected chi connectivity index (χ3v) is 14.8. The van der Waals surface area contributed by atoms with Gasteiger partial charge in [-0.15, -0.1) is 0 Å². The molecule has 2 spiro atoms. The van der Waals surface area contributed by atoms with Crippen molar-refractivity contribution in [1.82, 2.24) is 0 Å². The number of carbonyl (C=O) groups is 4. The molecule has 12 N–H and O–H groups in total. The molecule has 5 saturated heterocycles. The van der Waals surface area contributed by atoms with Crippen LogP contribution in [0, 0.1) is 0 Å². The zero-order valence-corrected chi connectivity index (χ0v) is 18.9. The summed E-state index contributed by atoms with van der Waals surface area (Å²) in [6.45, 7) is 0. The van der Waals surface area contributed by atoms with E-state index in [9.17, 15) is 19.2 Å². The monoisotopic (exact) mass is 724 g/mol. The summed E-state index contributed by atoms with van der Waals surface area (Å²) >= 11 is -9.98. The Kier molecular flexibility index (Phi) is 17.8. The molecule has 4 unspecified atom stereocenters. The van der Waals surface area contributed by atoms with E-state index in [0.29, 0.717) is 0 Å². The van der Waals surface area contributed by atoms with Gasteiger partial charge in [-0.05, 0) is 0 Å². The molecule has 4 atom stereocenters. The summed E-state index contributed by atoms with van der Waals surface area (Å²) in [4.78, 5) is 47.6. The molecule has 5 aliphatic rings. The van der Waals surface area contributed by atoms with E-state index in [4.69, 9.17) is 24.1 Å². The van der Waals surface area contributed by atoms with E-state index in [1.807, 2.05) is 0 Å². The van der Waals surface area contributed by atoms with Crippen LogP contribution in [0.1, 0.15) is 0 Å². The number of hydrogen-bond acceptors (Lipinski definition) is 12. The van der Waals surface area contributed by atoms with Gasteiger partial charge in [0.2, 0.25) is 0 Å². The van der Waals surface area contributed by atoms with Gasteiger partial charge in [-0.3, -0.25) is 0 Å². The summed E-state index contributed by atoms with van der Waals surface area (Å²) in [6, 6.07) is 0. The zero-order valence-electron chi connectivity index (χ0n) is 13.2. The van der Waals surface area contributed by atoms with Gasteiger partial charge in [-0.25, -0.2) is 0 Å². The third-order valence-electron chi connectivity index (χ3n) is 3.47. The Balaban J connectivity index is -0.000000422. The van der Waals surface area contributed by atoms with Gasteiger partial charge in [-0.1, -0.05) is 0 Å². The number of hydrogen-bond donors (Lipinski definition) is 0. The minimum absolute atomic E-state index is 0. The van der Waals surface area contributed by atoms with Crippen LogP contribution >= 0.6 is 0 Å². The fourth-order valence-electron chi connectivity index (χ4n) is 2.57. The van der Waals surface area contributed by atoms with Crippen LogP contribution in [0.2, 0.25) is 0 Å². The second-order valence-electron chi connectivity index (χ2n) is 4.84. The van der Waals surface area contributed by atoms with Crippen LogP contribution in [0.5, 0.6) is 0 Å². The van der Waals surface area contributed by atoms with Crippen LogP contribution in [0.25, 0.3) is 0 Å². The van der Waals surface area contributed by atoms with Gasteiger partial charge >= 0.3 is 235 Å². The Morgan fingerprint density at radius 2 is 0.600 bits per heavy atom. The first-order chi connectivity index (χ1) is 10.4. The van der Waals surface area contributed by atoms with E-state index in [2.05, 4.69) is 0 Å². The Hall–Kier alpha value is 2.39. The SMILES string of the molecule is O.O.O.O.O.O.O=C1[O][SbH]23[O]C(=O)C([O]2)C2[O][SbH]4([O]C(=O)C([O]4)C1[O]3)[O]C2=O.[KH].[KH]. The minimum atomic E-state index is -4.99. The Morgan fingerprint density at radius 1 is 0.433 bits per heavy atom. The van der Waals surface area contributed by atoms with E-state index in [-0.39, 0.29) is 136 Å². The quantitative estimate of drug-likeness (QED) is 0.210. The van der Waals surface area contributed by atoms with Crippen molar-refractivity contribution in [2.45, 2.75) is 24.4 Å².